The largest absolute Gasteiger partial charge is 0.384 e. The quantitative estimate of drug-likeness (QED) is 0.924. The first-order valence-electron chi connectivity index (χ1n) is 6.84. The Kier molecular flexibility index (Phi) is 3.30. The van der Waals surface area contributed by atoms with Gasteiger partial charge >= 0.3 is 0 Å². The molecule has 0 bridgehead atoms. The topological polar surface area (TPSA) is 39.1 Å². The number of benzene rings is 2. The van der Waals surface area contributed by atoms with Gasteiger partial charge < -0.3 is 10.2 Å². The van der Waals surface area contributed by atoms with Crippen molar-refractivity contribution < 1.29 is 0 Å². The van der Waals surface area contributed by atoms with Gasteiger partial charge in [0, 0.05) is 25.8 Å². The summed E-state index contributed by atoms with van der Waals surface area (Å²) < 4.78 is 0. The van der Waals surface area contributed by atoms with Crippen LogP contribution in [0.15, 0.2) is 42.5 Å². The third kappa shape index (κ3) is 2.21. The summed E-state index contributed by atoms with van der Waals surface area (Å²) in [6.07, 6.45) is 1.10. The number of anilines is 2. The van der Waals surface area contributed by atoms with E-state index in [1.165, 1.54) is 16.8 Å². The van der Waals surface area contributed by atoms with Gasteiger partial charge in [0.05, 0.1) is 11.3 Å². The van der Waals surface area contributed by atoms with E-state index in [2.05, 4.69) is 34.5 Å². The van der Waals surface area contributed by atoms with Crippen LogP contribution >= 0.6 is 0 Å². The molecule has 3 rings (SSSR count). The Hall–Kier alpha value is -2.47. The molecule has 0 aliphatic carbocycles. The molecule has 0 saturated heterocycles. The van der Waals surface area contributed by atoms with Crippen LogP contribution in [0.3, 0.4) is 0 Å². The maximum atomic E-state index is 9.20. The molecular weight excluding hydrogens is 246 g/mol. The van der Waals surface area contributed by atoms with Gasteiger partial charge in [-0.25, -0.2) is 0 Å². The monoisotopic (exact) mass is 263 g/mol. The molecule has 1 N–H and O–H groups in total. The molecule has 0 spiro atoms. The summed E-state index contributed by atoms with van der Waals surface area (Å²) in [5.41, 5.74) is 5.65. The Morgan fingerprint density at radius 3 is 2.90 bits per heavy atom. The average molecular weight is 263 g/mol. The van der Waals surface area contributed by atoms with Gasteiger partial charge in [-0.15, -0.1) is 0 Å². The lowest BCUT2D eigenvalue weighted by atomic mass is 10.1. The van der Waals surface area contributed by atoms with E-state index in [0.29, 0.717) is 0 Å². The van der Waals surface area contributed by atoms with Crippen molar-refractivity contribution in [2.75, 3.05) is 23.8 Å². The average Bonchev–Trinajstić information content (AvgIpc) is 2.96. The molecule has 0 saturated carbocycles. The lowest BCUT2D eigenvalue weighted by Crippen LogP contribution is -2.18. The van der Waals surface area contributed by atoms with Gasteiger partial charge in [-0.05, 0) is 29.7 Å². The number of para-hydroxylation sites is 2. The first kappa shape index (κ1) is 12.6. The molecule has 0 radical (unpaired) electrons. The second-order valence-corrected chi connectivity index (χ2v) is 5.11. The molecule has 0 fully saturated rings. The van der Waals surface area contributed by atoms with E-state index in [4.69, 9.17) is 0 Å². The highest BCUT2D eigenvalue weighted by molar-refractivity contribution is 5.64. The Morgan fingerprint density at radius 1 is 1.20 bits per heavy atom. The van der Waals surface area contributed by atoms with Crippen molar-refractivity contribution in [3.63, 3.8) is 0 Å². The second-order valence-electron chi connectivity index (χ2n) is 5.11. The third-order valence-electron chi connectivity index (χ3n) is 3.78. The van der Waals surface area contributed by atoms with Crippen molar-refractivity contribution in [3.8, 4) is 6.07 Å². The van der Waals surface area contributed by atoms with Crippen molar-refractivity contribution in [3.05, 3.63) is 59.2 Å². The zero-order valence-corrected chi connectivity index (χ0v) is 11.6. The van der Waals surface area contributed by atoms with E-state index in [9.17, 15) is 5.26 Å². The van der Waals surface area contributed by atoms with Crippen LogP contribution in [0, 0.1) is 11.3 Å². The van der Waals surface area contributed by atoms with Crippen LogP contribution in [0.2, 0.25) is 0 Å². The molecule has 3 heteroatoms. The summed E-state index contributed by atoms with van der Waals surface area (Å²) in [7, 11) is 2.03. The van der Waals surface area contributed by atoms with E-state index in [1.807, 2.05) is 31.3 Å². The number of hydrogen-bond acceptors (Lipinski definition) is 3. The van der Waals surface area contributed by atoms with Gasteiger partial charge in [0.1, 0.15) is 6.07 Å². The fraction of sp³-hybridized carbons (Fsp3) is 0.235. The number of nitrogens with one attached hydrogen (secondary N) is 1. The maximum absolute atomic E-state index is 9.20. The molecule has 20 heavy (non-hydrogen) atoms. The lowest BCUT2D eigenvalue weighted by Gasteiger charge is -2.22. The minimum absolute atomic E-state index is 0.718. The molecule has 3 nitrogen and oxygen atoms in total. The van der Waals surface area contributed by atoms with E-state index >= 15 is 0 Å². The van der Waals surface area contributed by atoms with Crippen LogP contribution < -0.4 is 10.2 Å². The van der Waals surface area contributed by atoms with Crippen LogP contribution in [0.5, 0.6) is 0 Å². The maximum Gasteiger partial charge on any atom is 0.101 e. The van der Waals surface area contributed by atoms with Crippen molar-refractivity contribution >= 4 is 11.4 Å². The highest BCUT2D eigenvalue weighted by atomic mass is 15.1. The molecule has 1 heterocycles. The summed E-state index contributed by atoms with van der Waals surface area (Å²) in [4.78, 5) is 2.13. The Morgan fingerprint density at radius 2 is 2.05 bits per heavy atom. The third-order valence-corrected chi connectivity index (χ3v) is 3.78. The van der Waals surface area contributed by atoms with Crippen molar-refractivity contribution in [1.29, 1.82) is 5.26 Å². The Balaban J connectivity index is 1.89. The molecule has 0 aromatic heterocycles. The first-order chi connectivity index (χ1) is 9.79. The van der Waals surface area contributed by atoms with E-state index in [1.54, 1.807) is 0 Å². The highest BCUT2D eigenvalue weighted by Crippen LogP contribution is 2.29. The standard InChI is InChI=1S/C17H17N3/c1-20(16-8-3-2-5-14(16)11-18)12-15-7-4-6-13-9-10-19-17(13)15/h2-8,19H,9-10,12H2,1H3. The second kappa shape index (κ2) is 5.26. The van der Waals surface area contributed by atoms with Crippen LogP contribution in [0.25, 0.3) is 0 Å². The van der Waals surface area contributed by atoms with Crippen molar-refractivity contribution in [2.45, 2.75) is 13.0 Å². The first-order valence-corrected chi connectivity index (χ1v) is 6.84. The van der Waals surface area contributed by atoms with Gasteiger partial charge in [0.15, 0.2) is 0 Å². The highest BCUT2D eigenvalue weighted by Gasteiger charge is 2.15. The van der Waals surface area contributed by atoms with E-state index < -0.39 is 0 Å². The number of nitrogens with zero attached hydrogens (tertiary/aromatic N) is 2. The Bertz CT molecular complexity index is 670. The summed E-state index contributed by atoms with van der Waals surface area (Å²) in [5.74, 6) is 0. The molecular formula is C17H17N3. The van der Waals surface area contributed by atoms with Gasteiger partial charge in [-0.3, -0.25) is 0 Å². The van der Waals surface area contributed by atoms with Crippen LogP contribution in [-0.2, 0) is 13.0 Å². The van der Waals surface area contributed by atoms with Gasteiger partial charge in [0.25, 0.3) is 0 Å². The van der Waals surface area contributed by atoms with Crippen LogP contribution in [0.4, 0.5) is 11.4 Å². The number of hydrogen-bond donors (Lipinski definition) is 1. The molecule has 2 aromatic rings. The smallest absolute Gasteiger partial charge is 0.101 e. The Labute approximate surface area is 119 Å². The molecule has 0 amide bonds. The zero-order chi connectivity index (χ0) is 13.9. The zero-order valence-electron chi connectivity index (χ0n) is 11.6. The molecule has 100 valence electrons. The van der Waals surface area contributed by atoms with E-state index in [0.717, 1.165) is 30.8 Å². The number of rotatable bonds is 3. The summed E-state index contributed by atoms with van der Waals surface area (Å²) in [6.45, 7) is 1.82. The van der Waals surface area contributed by atoms with Crippen LogP contribution in [-0.4, -0.2) is 13.6 Å². The van der Waals surface area contributed by atoms with Crippen LogP contribution in [0.1, 0.15) is 16.7 Å². The van der Waals surface area contributed by atoms with Gasteiger partial charge in [-0.1, -0.05) is 30.3 Å². The van der Waals surface area contributed by atoms with Crippen molar-refractivity contribution in [1.82, 2.24) is 0 Å². The fourth-order valence-electron chi connectivity index (χ4n) is 2.78. The predicted octanol–water partition coefficient (Wildman–Crippen LogP) is 3.16. The molecule has 1 aliphatic rings. The minimum atomic E-state index is 0.718. The SMILES string of the molecule is CN(Cc1cccc2c1NCC2)c1ccccc1C#N. The number of nitriles is 1. The fourth-order valence-corrected chi connectivity index (χ4v) is 2.78. The minimum Gasteiger partial charge on any atom is -0.384 e. The lowest BCUT2D eigenvalue weighted by molar-refractivity contribution is 0.922. The molecule has 0 atom stereocenters. The molecule has 2 aromatic carbocycles. The molecule has 0 unspecified atom stereocenters. The number of fused-ring (bicyclic) bond motifs is 1. The predicted molar refractivity (Wildman–Crippen MR) is 81.9 cm³/mol. The van der Waals surface area contributed by atoms with Crippen molar-refractivity contribution in [2.24, 2.45) is 0 Å². The summed E-state index contributed by atoms with van der Waals surface area (Å²) in [6, 6.07) is 16.4. The van der Waals surface area contributed by atoms with Gasteiger partial charge in [0.2, 0.25) is 0 Å². The van der Waals surface area contributed by atoms with E-state index in [-0.39, 0.29) is 0 Å². The molecule has 1 aliphatic heterocycles. The van der Waals surface area contributed by atoms with Gasteiger partial charge in [-0.2, -0.15) is 5.26 Å². The summed E-state index contributed by atoms with van der Waals surface area (Å²) in [5, 5.41) is 12.7. The normalized spacial score (nSPS) is 12.4. The summed E-state index contributed by atoms with van der Waals surface area (Å²) >= 11 is 0.